The van der Waals surface area contributed by atoms with Gasteiger partial charge in [0.15, 0.2) is 0 Å². The molecule has 0 aromatic carbocycles. The Kier molecular flexibility index (Phi) is 2.13. The zero-order valence-electron chi connectivity index (χ0n) is 3.77. The molecule has 1 aliphatic rings. The van der Waals surface area contributed by atoms with Crippen molar-refractivity contribution in [2.24, 2.45) is 0 Å². The van der Waals surface area contributed by atoms with Crippen molar-refractivity contribution in [3.05, 3.63) is 0 Å². The summed E-state index contributed by atoms with van der Waals surface area (Å²) in [6.07, 6.45) is 0. The van der Waals surface area contributed by atoms with Gasteiger partial charge in [-0.1, -0.05) is 31.9 Å². The molecule has 0 aliphatic carbocycles. The molecule has 1 rings (SSSR count). The van der Waals surface area contributed by atoms with E-state index in [0.717, 1.165) is 13.1 Å². The van der Waals surface area contributed by atoms with Gasteiger partial charge >= 0.3 is 0 Å². The molecule has 0 spiro atoms. The maximum atomic E-state index is 4.15. The van der Waals surface area contributed by atoms with Gasteiger partial charge in [-0.05, 0) is 0 Å². The Labute approximate surface area is 60.1 Å². The van der Waals surface area contributed by atoms with E-state index in [9.17, 15) is 0 Å². The Morgan fingerprint density at radius 2 is 1.57 bits per heavy atom. The van der Waals surface area contributed by atoms with Gasteiger partial charge in [-0.15, -0.1) is 0 Å². The number of hydrogen-bond acceptors (Lipinski definition) is 0. The van der Waals surface area contributed by atoms with Crippen LogP contribution in [0, 0.1) is 0 Å². The smallest absolute Gasteiger partial charge is 0.0425 e. The molecule has 3 heteroatoms. The second kappa shape index (κ2) is 2.46. The summed E-state index contributed by atoms with van der Waals surface area (Å²) in [7, 11) is 0. The van der Waals surface area contributed by atoms with Gasteiger partial charge in [-0.25, -0.2) is 5.32 Å². The van der Waals surface area contributed by atoms with Crippen molar-refractivity contribution in [2.45, 2.75) is 9.65 Å². The number of rotatable bonds is 0. The third-order valence-corrected chi connectivity index (χ3v) is 3.56. The van der Waals surface area contributed by atoms with Crippen molar-refractivity contribution in [1.29, 1.82) is 0 Å². The molecule has 1 radical (unpaired) electrons. The van der Waals surface area contributed by atoms with Crippen molar-refractivity contribution in [3.8, 4) is 0 Å². The molecule has 0 N–H and O–H groups in total. The van der Waals surface area contributed by atoms with Crippen LogP contribution in [-0.2, 0) is 0 Å². The molecule has 1 heterocycles. The van der Waals surface area contributed by atoms with Gasteiger partial charge in [0, 0.05) is 22.7 Å². The zero-order valence-corrected chi connectivity index (χ0v) is 6.94. The fourth-order valence-corrected chi connectivity index (χ4v) is 1.29. The lowest BCUT2D eigenvalue weighted by Gasteiger charge is -1.98. The molecule has 1 nitrogen and oxygen atoms in total. The summed E-state index contributed by atoms with van der Waals surface area (Å²) >= 11 is 6.93. The van der Waals surface area contributed by atoms with E-state index in [0.29, 0.717) is 9.65 Å². The minimum atomic E-state index is 0.576. The Morgan fingerprint density at radius 1 is 1.14 bits per heavy atom. The molecule has 41 valence electrons. The minimum Gasteiger partial charge on any atom is -0.239 e. The summed E-state index contributed by atoms with van der Waals surface area (Å²) in [6.45, 7) is 1.94. The topological polar surface area (TPSA) is 14.1 Å². The van der Waals surface area contributed by atoms with E-state index >= 15 is 0 Å². The van der Waals surface area contributed by atoms with E-state index in [1.54, 1.807) is 0 Å². The molecule has 0 unspecified atom stereocenters. The van der Waals surface area contributed by atoms with E-state index < -0.39 is 0 Å². The molecule has 0 bridgehead atoms. The Hall–Kier alpha value is 0.920. The Bertz CT molecular complexity index is 58.7. The normalized spacial score (nSPS) is 42.0. The molecular weight excluding hydrogens is 222 g/mol. The first-order valence-electron chi connectivity index (χ1n) is 2.22. The highest BCUT2D eigenvalue weighted by molar-refractivity contribution is 9.12. The SMILES string of the molecule is Br[C@H]1C[N]C[C@@H]1Br. The predicted octanol–water partition coefficient (Wildman–Crippen LogP) is 1.13. The maximum Gasteiger partial charge on any atom is 0.0425 e. The first-order valence-corrected chi connectivity index (χ1v) is 4.05. The second-order valence-electron chi connectivity index (χ2n) is 1.62. The predicted molar refractivity (Wildman–Crippen MR) is 37.3 cm³/mol. The van der Waals surface area contributed by atoms with Crippen LogP contribution in [0.1, 0.15) is 0 Å². The largest absolute Gasteiger partial charge is 0.239 e. The third kappa shape index (κ3) is 1.40. The number of nitrogens with zero attached hydrogens (tertiary/aromatic N) is 1. The van der Waals surface area contributed by atoms with Crippen LogP contribution in [0.25, 0.3) is 0 Å². The van der Waals surface area contributed by atoms with Crippen LogP contribution in [0.2, 0.25) is 0 Å². The fourth-order valence-electron chi connectivity index (χ4n) is 0.550. The molecule has 1 aliphatic heterocycles. The molecule has 1 fully saturated rings. The molecule has 0 amide bonds. The quantitative estimate of drug-likeness (QED) is 0.551. The van der Waals surface area contributed by atoms with E-state index in [4.69, 9.17) is 0 Å². The molecule has 2 atom stereocenters. The van der Waals surface area contributed by atoms with E-state index in [2.05, 4.69) is 37.2 Å². The standard InChI is InChI=1S/C4H6Br2N/c5-3-1-7-2-4(3)6/h3-4H,1-2H2/t3-,4-/m0/s1. The maximum absolute atomic E-state index is 4.15. The molecular formula is C4H6Br2N. The summed E-state index contributed by atoms with van der Waals surface area (Å²) in [6, 6.07) is 0. The fraction of sp³-hybridized carbons (Fsp3) is 1.00. The van der Waals surface area contributed by atoms with Crippen molar-refractivity contribution in [3.63, 3.8) is 0 Å². The van der Waals surface area contributed by atoms with Crippen molar-refractivity contribution in [1.82, 2.24) is 5.32 Å². The van der Waals surface area contributed by atoms with Crippen LogP contribution in [0.4, 0.5) is 0 Å². The Balaban J connectivity index is 2.33. The van der Waals surface area contributed by atoms with Crippen LogP contribution in [0.5, 0.6) is 0 Å². The zero-order chi connectivity index (χ0) is 5.28. The van der Waals surface area contributed by atoms with Gasteiger partial charge in [0.05, 0.1) is 0 Å². The summed E-state index contributed by atoms with van der Waals surface area (Å²) in [5.41, 5.74) is 0. The first kappa shape index (κ1) is 6.05. The summed E-state index contributed by atoms with van der Waals surface area (Å²) in [4.78, 5) is 1.15. The Morgan fingerprint density at radius 3 is 1.71 bits per heavy atom. The lowest BCUT2D eigenvalue weighted by atomic mass is 10.4. The molecule has 1 saturated heterocycles. The molecule has 0 aromatic heterocycles. The molecule has 0 saturated carbocycles. The highest BCUT2D eigenvalue weighted by Gasteiger charge is 2.21. The lowest BCUT2D eigenvalue weighted by Crippen LogP contribution is -2.08. The third-order valence-electron chi connectivity index (χ3n) is 0.999. The number of hydrogen-bond donors (Lipinski definition) is 0. The van der Waals surface area contributed by atoms with Gasteiger partial charge in [0.25, 0.3) is 0 Å². The van der Waals surface area contributed by atoms with E-state index in [1.165, 1.54) is 0 Å². The van der Waals surface area contributed by atoms with Gasteiger partial charge in [-0.3, -0.25) is 0 Å². The van der Waals surface area contributed by atoms with Crippen LogP contribution in [0.3, 0.4) is 0 Å². The minimum absolute atomic E-state index is 0.576. The average molecular weight is 228 g/mol. The molecule has 7 heavy (non-hydrogen) atoms. The van der Waals surface area contributed by atoms with Crippen molar-refractivity contribution >= 4 is 31.9 Å². The van der Waals surface area contributed by atoms with Gasteiger partial charge < -0.3 is 0 Å². The summed E-state index contributed by atoms with van der Waals surface area (Å²) < 4.78 is 0. The number of halogens is 2. The van der Waals surface area contributed by atoms with Crippen molar-refractivity contribution < 1.29 is 0 Å². The summed E-state index contributed by atoms with van der Waals surface area (Å²) in [5, 5.41) is 4.15. The van der Waals surface area contributed by atoms with E-state index in [-0.39, 0.29) is 0 Å². The second-order valence-corrected chi connectivity index (χ2v) is 3.97. The highest BCUT2D eigenvalue weighted by atomic mass is 79.9. The highest BCUT2D eigenvalue weighted by Crippen LogP contribution is 2.17. The molecule has 0 aromatic rings. The van der Waals surface area contributed by atoms with Crippen molar-refractivity contribution in [2.75, 3.05) is 13.1 Å². The van der Waals surface area contributed by atoms with Crippen LogP contribution in [0.15, 0.2) is 0 Å². The van der Waals surface area contributed by atoms with Crippen LogP contribution >= 0.6 is 31.9 Å². The monoisotopic (exact) mass is 226 g/mol. The number of alkyl halides is 2. The van der Waals surface area contributed by atoms with Crippen LogP contribution in [-0.4, -0.2) is 22.7 Å². The van der Waals surface area contributed by atoms with Gasteiger partial charge in [0.1, 0.15) is 0 Å². The van der Waals surface area contributed by atoms with Gasteiger partial charge in [-0.2, -0.15) is 0 Å². The first-order chi connectivity index (χ1) is 3.30. The summed E-state index contributed by atoms with van der Waals surface area (Å²) in [5.74, 6) is 0. The van der Waals surface area contributed by atoms with Crippen LogP contribution < -0.4 is 5.32 Å². The average Bonchev–Trinajstić information content (AvgIpc) is 1.91. The van der Waals surface area contributed by atoms with Gasteiger partial charge in [0.2, 0.25) is 0 Å². The lowest BCUT2D eigenvalue weighted by molar-refractivity contribution is 0.843. The van der Waals surface area contributed by atoms with E-state index in [1.807, 2.05) is 0 Å².